The number of aliphatic carboxylic acids is 1. The van der Waals surface area contributed by atoms with Gasteiger partial charge in [-0.1, -0.05) is 28.1 Å². The van der Waals surface area contributed by atoms with Crippen LogP contribution in [0.4, 0.5) is 0 Å². The summed E-state index contributed by atoms with van der Waals surface area (Å²) in [6, 6.07) is 7.72. The molecule has 1 heterocycles. The van der Waals surface area contributed by atoms with Crippen molar-refractivity contribution in [2.75, 3.05) is 0 Å². The molecular weight excluding hydrogens is 302 g/mol. The highest BCUT2D eigenvalue weighted by atomic mass is 79.9. The van der Waals surface area contributed by atoms with E-state index in [0.29, 0.717) is 0 Å². The topological polar surface area (TPSA) is 50.2 Å². The van der Waals surface area contributed by atoms with E-state index in [1.54, 1.807) is 0 Å². The van der Waals surface area contributed by atoms with E-state index in [9.17, 15) is 4.79 Å². The monoisotopic (exact) mass is 311 g/mol. The number of rotatable bonds is 3. The van der Waals surface area contributed by atoms with Crippen molar-refractivity contribution >= 4 is 33.2 Å². The summed E-state index contributed by atoms with van der Waals surface area (Å²) in [5, 5.41) is 9.76. The molecule has 5 heteroatoms. The maximum atomic E-state index is 10.8. The summed E-state index contributed by atoms with van der Waals surface area (Å²) in [6.07, 6.45) is 0.0212. The number of carbonyl (C=O) groups is 1. The fraction of sp³-hybridized carbons (Fsp3) is 0.167. The van der Waals surface area contributed by atoms with Gasteiger partial charge in [0, 0.05) is 14.9 Å². The first kappa shape index (κ1) is 12.3. The van der Waals surface area contributed by atoms with E-state index >= 15 is 0 Å². The molecule has 0 unspecified atom stereocenters. The third-order valence-corrected chi connectivity index (χ3v) is 3.68. The summed E-state index contributed by atoms with van der Waals surface area (Å²) in [6.45, 7) is 1.89. The van der Waals surface area contributed by atoms with Gasteiger partial charge in [-0.3, -0.25) is 4.79 Å². The highest BCUT2D eigenvalue weighted by Gasteiger charge is 2.14. The fourth-order valence-corrected chi connectivity index (χ4v) is 2.94. The highest BCUT2D eigenvalue weighted by molar-refractivity contribution is 9.10. The zero-order valence-corrected chi connectivity index (χ0v) is 11.5. The number of nitrogens with zero attached hydrogens (tertiary/aromatic N) is 1. The van der Waals surface area contributed by atoms with E-state index in [0.717, 1.165) is 25.6 Å². The molecular formula is C12H10BrNO2S. The molecule has 0 aliphatic carbocycles. The van der Waals surface area contributed by atoms with E-state index in [4.69, 9.17) is 5.11 Å². The van der Waals surface area contributed by atoms with Crippen molar-refractivity contribution < 1.29 is 9.90 Å². The van der Waals surface area contributed by atoms with Gasteiger partial charge in [-0.05, 0) is 19.1 Å². The Labute approximate surface area is 111 Å². The summed E-state index contributed by atoms with van der Waals surface area (Å²) in [4.78, 5) is 16.0. The van der Waals surface area contributed by atoms with Crippen molar-refractivity contribution in [1.29, 1.82) is 0 Å². The molecule has 2 rings (SSSR count). The fourth-order valence-electron chi connectivity index (χ4n) is 1.59. The van der Waals surface area contributed by atoms with Crippen molar-refractivity contribution in [3.63, 3.8) is 0 Å². The molecule has 1 N–H and O–H groups in total. The van der Waals surface area contributed by atoms with E-state index in [-0.39, 0.29) is 6.42 Å². The van der Waals surface area contributed by atoms with Gasteiger partial charge in [0.05, 0.1) is 17.1 Å². The van der Waals surface area contributed by atoms with E-state index < -0.39 is 5.97 Å². The average Bonchev–Trinajstić information content (AvgIpc) is 2.58. The Balaban J connectivity index is 2.47. The molecule has 2 aromatic rings. The molecule has 0 atom stereocenters. The van der Waals surface area contributed by atoms with Crippen LogP contribution in [0.2, 0.25) is 0 Å². The van der Waals surface area contributed by atoms with Gasteiger partial charge < -0.3 is 5.11 Å². The molecule has 0 aliphatic heterocycles. The summed E-state index contributed by atoms with van der Waals surface area (Å²) >= 11 is 4.84. The largest absolute Gasteiger partial charge is 0.481 e. The summed E-state index contributed by atoms with van der Waals surface area (Å²) in [7, 11) is 0. The first-order chi connectivity index (χ1) is 8.06. The number of thiazole rings is 1. The lowest BCUT2D eigenvalue weighted by atomic mass is 10.1. The Morgan fingerprint density at radius 2 is 2.29 bits per heavy atom. The van der Waals surface area contributed by atoms with Gasteiger partial charge in [0.25, 0.3) is 0 Å². The lowest BCUT2D eigenvalue weighted by Crippen LogP contribution is -1.99. The molecule has 0 saturated carbocycles. The minimum atomic E-state index is -0.829. The standard InChI is InChI=1S/C12H10BrNO2S/c1-7-14-12(10(17-7)6-11(15)16)8-3-2-4-9(13)5-8/h2-5H,6H2,1H3,(H,15,16). The summed E-state index contributed by atoms with van der Waals surface area (Å²) in [5.74, 6) is -0.829. The zero-order valence-electron chi connectivity index (χ0n) is 9.11. The van der Waals surface area contributed by atoms with Gasteiger partial charge >= 0.3 is 5.97 Å². The number of carboxylic acid groups (broad SMARTS) is 1. The molecule has 0 radical (unpaired) electrons. The molecule has 3 nitrogen and oxygen atoms in total. The number of hydrogen-bond acceptors (Lipinski definition) is 3. The first-order valence-corrected chi connectivity index (χ1v) is 6.61. The Kier molecular flexibility index (Phi) is 3.59. The molecule has 0 spiro atoms. The van der Waals surface area contributed by atoms with Gasteiger partial charge in [-0.15, -0.1) is 11.3 Å². The number of halogens is 1. The second kappa shape index (κ2) is 4.98. The Morgan fingerprint density at radius 3 is 2.94 bits per heavy atom. The van der Waals surface area contributed by atoms with Crippen LogP contribution in [0.3, 0.4) is 0 Å². The SMILES string of the molecule is Cc1nc(-c2cccc(Br)c2)c(CC(=O)O)s1. The Morgan fingerprint density at radius 1 is 1.53 bits per heavy atom. The number of hydrogen-bond donors (Lipinski definition) is 1. The van der Waals surface area contributed by atoms with E-state index in [2.05, 4.69) is 20.9 Å². The molecule has 88 valence electrons. The molecule has 0 bridgehead atoms. The molecule has 17 heavy (non-hydrogen) atoms. The number of aromatic nitrogens is 1. The summed E-state index contributed by atoms with van der Waals surface area (Å²) < 4.78 is 0.960. The van der Waals surface area contributed by atoms with Crippen molar-refractivity contribution in [3.8, 4) is 11.3 Å². The molecule has 1 aromatic heterocycles. The molecule has 1 aromatic carbocycles. The molecule has 0 amide bonds. The predicted octanol–water partition coefficient (Wildman–Crippen LogP) is 3.51. The zero-order chi connectivity index (χ0) is 12.4. The Hall–Kier alpha value is -1.20. The average molecular weight is 312 g/mol. The predicted molar refractivity (Wildman–Crippen MR) is 71.3 cm³/mol. The van der Waals surface area contributed by atoms with Gasteiger partial charge in [-0.2, -0.15) is 0 Å². The van der Waals surface area contributed by atoms with Crippen LogP contribution in [0.15, 0.2) is 28.7 Å². The van der Waals surface area contributed by atoms with E-state index in [1.807, 2.05) is 31.2 Å². The normalized spacial score (nSPS) is 10.5. The highest BCUT2D eigenvalue weighted by Crippen LogP contribution is 2.30. The van der Waals surface area contributed by atoms with Gasteiger partial charge in [0.15, 0.2) is 0 Å². The minimum absolute atomic E-state index is 0.0212. The Bertz CT molecular complexity index is 565. The van der Waals surface area contributed by atoms with Crippen LogP contribution in [0.1, 0.15) is 9.88 Å². The molecule has 0 saturated heterocycles. The number of benzene rings is 1. The lowest BCUT2D eigenvalue weighted by molar-refractivity contribution is -0.136. The second-order valence-corrected chi connectivity index (χ2v) is 5.79. The smallest absolute Gasteiger partial charge is 0.308 e. The van der Waals surface area contributed by atoms with Crippen molar-refractivity contribution in [3.05, 3.63) is 38.6 Å². The van der Waals surface area contributed by atoms with Crippen LogP contribution in [-0.4, -0.2) is 16.1 Å². The second-order valence-electron chi connectivity index (χ2n) is 3.59. The van der Waals surface area contributed by atoms with Gasteiger partial charge in [0.1, 0.15) is 0 Å². The van der Waals surface area contributed by atoms with Crippen LogP contribution in [0.25, 0.3) is 11.3 Å². The summed E-state index contributed by atoms with van der Waals surface area (Å²) in [5.41, 5.74) is 1.72. The number of aryl methyl sites for hydroxylation is 1. The maximum Gasteiger partial charge on any atom is 0.308 e. The molecule has 0 fully saturated rings. The van der Waals surface area contributed by atoms with Crippen molar-refractivity contribution in [2.24, 2.45) is 0 Å². The lowest BCUT2D eigenvalue weighted by Gasteiger charge is -2.01. The minimum Gasteiger partial charge on any atom is -0.481 e. The van der Waals surface area contributed by atoms with Gasteiger partial charge in [-0.25, -0.2) is 4.98 Å². The quantitative estimate of drug-likeness (QED) is 0.943. The van der Waals surface area contributed by atoms with Crippen molar-refractivity contribution in [2.45, 2.75) is 13.3 Å². The first-order valence-electron chi connectivity index (χ1n) is 5.00. The number of carboxylic acids is 1. The van der Waals surface area contributed by atoms with Crippen LogP contribution in [-0.2, 0) is 11.2 Å². The van der Waals surface area contributed by atoms with Crippen LogP contribution >= 0.6 is 27.3 Å². The van der Waals surface area contributed by atoms with Crippen LogP contribution in [0, 0.1) is 6.92 Å². The molecule has 0 aliphatic rings. The van der Waals surface area contributed by atoms with Crippen LogP contribution < -0.4 is 0 Å². The van der Waals surface area contributed by atoms with Crippen LogP contribution in [0.5, 0.6) is 0 Å². The van der Waals surface area contributed by atoms with E-state index in [1.165, 1.54) is 11.3 Å². The third kappa shape index (κ3) is 2.92. The van der Waals surface area contributed by atoms with Gasteiger partial charge in [0.2, 0.25) is 0 Å². The van der Waals surface area contributed by atoms with Crippen molar-refractivity contribution in [1.82, 2.24) is 4.98 Å². The third-order valence-electron chi connectivity index (χ3n) is 2.21. The maximum absolute atomic E-state index is 10.8.